The van der Waals surface area contributed by atoms with Gasteiger partial charge in [0.15, 0.2) is 0 Å². The predicted octanol–water partition coefficient (Wildman–Crippen LogP) is 2.43. The van der Waals surface area contributed by atoms with E-state index in [9.17, 15) is 4.79 Å². The van der Waals surface area contributed by atoms with Gasteiger partial charge in [-0.05, 0) is 44.9 Å². The molecule has 4 nitrogen and oxygen atoms in total. The average molecular weight is 287 g/mol. The Labute approximate surface area is 126 Å². The van der Waals surface area contributed by atoms with Gasteiger partial charge in [-0.2, -0.15) is 0 Å². The van der Waals surface area contributed by atoms with Gasteiger partial charge in [-0.3, -0.25) is 9.69 Å². The molecule has 2 atom stereocenters. The van der Waals surface area contributed by atoms with Crippen molar-refractivity contribution in [2.75, 3.05) is 13.1 Å². The largest absolute Gasteiger partial charge is 0.311 e. The Hall–Kier alpha value is -1.42. The van der Waals surface area contributed by atoms with E-state index in [4.69, 9.17) is 0 Å². The van der Waals surface area contributed by atoms with Crippen LogP contribution in [0.1, 0.15) is 43.8 Å². The van der Waals surface area contributed by atoms with Gasteiger partial charge in [0.2, 0.25) is 0 Å². The summed E-state index contributed by atoms with van der Waals surface area (Å²) in [6, 6.07) is 0. The molecule has 1 aliphatic heterocycles. The van der Waals surface area contributed by atoms with Gasteiger partial charge in [-0.25, -0.2) is 4.98 Å². The fraction of sp³-hybridized carbons (Fsp3) is 0.647. The number of allylic oxidation sites excluding steroid dienone is 2. The molecule has 2 heterocycles. The van der Waals surface area contributed by atoms with Crippen molar-refractivity contribution < 1.29 is 0 Å². The highest BCUT2D eigenvalue weighted by molar-refractivity contribution is 5.20. The minimum atomic E-state index is 0.0572. The number of aryl methyl sites for hydroxylation is 1. The van der Waals surface area contributed by atoms with E-state index in [0.717, 1.165) is 49.1 Å². The van der Waals surface area contributed by atoms with E-state index >= 15 is 0 Å². The number of nitrogens with zero attached hydrogens (tertiary/aromatic N) is 2. The van der Waals surface area contributed by atoms with Crippen LogP contribution < -0.4 is 5.56 Å². The maximum atomic E-state index is 11.9. The minimum absolute atomic E-state index is 0.0572. The molecule has 114 valence electrons. The Morgan fingerprint density at radius 2 is 2.19 bits per heavy atom. The van der Waals surface area contributed by atoms with Crippen LogP contribution in [0.15, 0.2) is 16.4 Å². The number of hydrogen-bond donors (Lipinski definition) is 1. The van der Waals surface area contributed by atoms with Crippen LogP contribution >= 0.6 is 0 Å². The molecule has 4 heteroatoms. The van der Waals surface area contributed by atoms with E-state index in [-0.39, 0.29) is 5.56 Å². The standard InChI is InChI=1S/C17H25N3O/c1-11-4-5-14(12(2)8-11)9-20-7-6-15-16(10-20)18-13(3)19-17(15)21/h8,12,14H,4-7,9-10H2,1-3H3,(H,18,19,21). The summed E-state index contributed by atoms with van der Waals surface area (Å²) in [6.45, 7) is 9.36. The minimum Gasteiger partial charge on any atom is -0.311 e. The van der Waals surface area contributed by atoms with Crippen LogP contribution in [0, 0.1) is 18.8 Å². The summed E-state index contributed by atoms with van der Waals surface area (Å²) in [6.07, 6.45) is 5.78. The fourth-order valence-corrected chi connectivity index (χ4v) is 3.71. The van der Waals surface area contributed by atoms with E-state index in [1.807, 2.05) is 6.92 Å². The topological polar surface area (TPSA) is 49.0 Å². The molecule has 1 aromatic rings. The summed E-state index contributed by atoms with van der Waals surface area (Å²) >= 11 is 0. The number of hydrogen-bond acceptors (Lipinski definition) is 3. The summed E-state index contributed by atoms with van der Waals surface area (Å²) in [4.78, 5) is 21.8. The lowest BCUT2D eigenvalue weighted by Crippen LogP contribution is -2.39. The van der Waals surface area contributed by atoms with Crippen LogP contribution in [-0.2, 0) is 13.0 Å². The van der Waals surface area contributed by atoms with Crippen molar-refractivity contribution in [1.29, 1.82) is 0 Å². The molecule has 0 saturated carbocycles. The summed E-state index contributed by atoms with van der Waals surface area (Å²) < 4.78 is 0. The quantitative estimate of drug-likeness (QED) is 0.850. The Bertz CT molecular complexity index is 617. The number of aromatic nitrogens is 2. The number of rotatable bonds is 2. The zero-order chi connectivity index (χ0) is 15.0. The molecule has 2 unspecified atom stereocenters. The number of fused-ring (bicyclic) bond motifs is 1. The third-order valence-corrected chi connectivity index (χ3v) is 4.96. The van der Waals surface area contributed by atoms with Crippen molar-refractivity contribution in [1.82, 2.24) is 14.9 Å². The SMILES string of the molecule is CC1=CC(C)C(CN2CCc3c(nc(C)[nH]c3=O)C2)CC1. The van der Waals surface area contributed by atoms with Crippen molar-refractivity contribution in [3.8, 4) is 0 Å². The Morgan fingerprint density at radius 3 is 2.95 bits per heavy atom. The molecule has 0 radical (unpaired) electrons. The van der Waals surface area contributed by atoms with Crippen LogP contribution in [0.4, 0.5) is 0 Å². The van der Waals surface area contributed by atoms with Crippen LogP contribution in [-0.4, -0.2) is 28.0 Å². The van der Waals surface area contributed by atoms with Gasteiger partial charge < -0.3 is 4.98 Å². The van der Waals surface area contributed by atoms with Crippen LogP contribution in [0.2, 0.25) is 0 Å². The summed E-state index contributed by atoms with van der Waals surface area (Å²) in [5.41, 5.74) is 3.47. The number of H-pyrrole nitrogens is 1. The first-order valence-corrected chi connectivity index (χ1v) is 8.01. The third-order valence-electron chi connectivity index (χ3n) is 4.96. The third kappa shape index (κ3) is 3.10. The van der Waals surface area contributed by atoms with Gasteiger partial charge >= 0.3 is 0 Å². The normalized spacial score (nSPS) is 26.3. The van der Waals surface area contributed by atoms with E-state index < -0.39 is 0 Å². The van der Waals surface area contributed by atoms with Crippen LogP contribution in [0.3, 0.4) is 0 Å². The highest BCUT2D eigenvalue weighted by atomic mass is 16.1. The second kappa shape index (κ2) is 5.76. The summed E-state index contributed by atoms with van der Waals surface area (Å²) in [5.74, 6) is 2.12. The summed E-state index contributed by atoms with van der Waals surface area (Å²) in [7, 11) is 0. The lowest BCUT2D eigenvalue weighted by Gasteiger charge is -2.34. The predicted molar refractivity (Wildman–Crippen MR) is 84.2 cm³/mol. The molecule has 0 saturated heterocycles. The molecule has 1 N–H and O–H groups in total. The van der Waals surface area contributed by atoms with Gasteiger partial charge in [0.1, 0.15) is 5.82 Å². The second-order valence-corrected chi connectivity index (χ2v) is 6.73. The Balaban J connectivity index is 1.71. The van der Waals surface area contributed by atoms with Crippen LogP contribution in [0.5, 0.6) is 0 Å². The van der Waals surface area contributed by atoms with Crippen molar-refractivity contribution in [2.24, 2.45) is 11.8 Å². The van der Waals surface area contributed by atoms with E-state index in [0.29, 0.717) is 5.92 Å². The maximum absolute atomic E-state index is 11.9. The highest BCUT2D eigenvalue weighted by Crippen LogP contribution is 2.30. The number of nitrogens with one attached hydrogen (secondary N) is 1. The molecule has 0 spiro atoms. The van der Waals surface area contributed by atoms with E-state index in [2.05, 4.69) is 34.8 Å². The molecular weight excluding hydrogens is 262 g/mol. The molecule has 2 aliphatic rings. The molecule has 0 fully saturated rings. The Kier molecular flexibility index (Phi) is 3.98. The van der Waals surface area contributed by atoms with Crippen molar-refractivity contribution in [3.63, 3.8) is 0 Å². The number of aromatic amines is 1. The highest BCUT2D eigenvalue weighted by Gasteiger charge is 2.26. The monoisotopic (exact) mass is 287 g/mol. The van der Waals surface area contributed by atoms with Crippen molar-refractivity contribution >= 4 is 0 Å². The van der Waals surface area contributed by atoms with Gasteiger partial charge in [0, 0.05) is 25.2 Å². The first-order valence-electron chi connectivity index (χ1n) is 8.01. The first kappa shape index (κ1) is 14.5. The first-order chi connectivity index (χ1) is 10.0. The van der Waals surface area contributed by atoms with Gasteiger partial charge in [-0.15, -0.1) is 0 Å². The van der Waals surface area contributed by atoms with Gasteiger partial charge in [0.25, 0.3) is 5.56 Å². The summed E-state index contributed by atoms with van der Waals surface area (Å²) in [5, 5.41) is 0. The lowest BCUT2D eigenvalue weighted by atomic mass is 9.81. The fourth-order valence-electron chi connectivity index (χ4n) is 3.71. The average Bonchev–Trinajstić information content (AvgIpc) is 2.41. The molecule has 1 aliphatic carbocycles. The molecule has 0 aromatic carbocycles. The zero-order valence-corrected chi connectivity index (χ0v) is 13.3. The second-order valence-electron chi connectivity index (χ2n) is 6.73. The van der Waals surface area contributed by atoms with E-state index in [1.54, 1.807) is 0 Å². The molecule has 0 bridgehead atoms. The van der Waals surface area contributed by atoms with E-state index in [1.165, 1.54) is 18.4 Å². The molecule has 1 aromatic heterocycles. The van der Waals surface area contributed by atoms with Crippen molar-refractivity contribution in [2.45, 2.75) is 46.6 Å². The zero-order valence-electron chi connectivity index (χ0n) is 13.3. The molecule has 0 amide bonds. The molecule has 21 heavy (non-hydrogen) atoms. The van der Waals surface area contributed by atoms with Crippen molar-refractivity contribution in [3.05, 3.63) is 39.1 Å². The smallest absolute Gasteiger partial charge is 0.254 e. The molecular formula is C17H25N3O. The maximum Gasteiger partial charge on any atom is 0.254 e. The Morgan fingerprint density at radius 1 is 1.38 bits per heavy atom. The molecule has 3 rings (SSSR count). The van der Waals surface area contributed by atoms with Gasteiger partial charge in [0.05, 0.1) is 5.69 Å². The van der Waals surface area contributed by atoms with Gasteiger partial charge in [-0.1, -0.05) is 18.6 Å². The van der Waals surface area contributed by atoms with Crippen LogP contribution in [0.25, 0.3) is 0 Å². The lowest BCUT2D eigenvalue weighted by molar-refractivity contribution is 0.180.